The van der Waals surface area contributed by atoms with Crippen molar-refractivity contribution in [2.24, 2.45) is 5.10 Å². The molecule has 2 aromatic carbocycles. The summed E-state index contributed by atoms with van der Waals surface area (Å²) in [7, 11) is 0. The molecule has 1 heterocycles. The number of benzene rings is 2. The Morgan fingerprint density at radius 1 is 1.31 bits per heavy atom. The van der Waals surface area contributed by atoms with E-state index in [1.807, 2.05) is 32.9 Å². The SMILES string of the molecule is C#CCOc1ccc(Cl)cc1C=Nn1c(C(C)(C)C)nc2ccc(Br)cc2c1=O. The maximum absolute atomic E-state index is 13.2. The second-order valence-corrected chi connectivity index (χ2v) is 8.74. The summed E-state index contributed by atoms with van der Waals surface area (Å²) in [5.74, 6) is 3.50. The molecular formula is C22H19BrClN3O2. The van der Waals surface area contributed by atoms with Gasteiger partial charge < -0.3 is 4.74 Å². The Morgan fingerprint density at radius 3 is 2.76 bits per heavy atom. The average molecular weight is 473 g/mol. The van der Waals surface area contributed by atoms with Gasteiger partial charge in [-0.05, 0) is 36.4 Å². The highest BCUT2D eigenvalue weighted by atomic mass is 79.9. The van der Waals surface area contributed by atoms with E-state index in [-0.39, 0.29) is 12.2 Å². The second kappa shape index (κ2) is 8.40. The standard InChI is InChI=1S/C22H19BrClN3O2/c1-5-10-29-19-9-7-16(24)11-14(19)13-25-27-20(28)17-12-15(23)6-8-18(17)26-21(27)22(2,3)4/h1,6-9,11-13H,10H2,2-4H3. The van der Waals surface area contributed by atoms with Crippen LogP contribution in [0.1, 0.15) is 32.2 Å². The number of hydrogen-bond acceptors (Lipinski definition) is 4. The van der Waals surface area contributed by atoms with Gasteiger partial charge in [0.15, 0.2) is 0 Å². The molecule has 0 saturated heterocycles. The van der Waals surface area contributed by atoms with Crippen LogP contribution in [-0.4, -0.2) is 22.5 Å². The number of hydrogen-bond donors (Lipinski definition) is 0. The predicted molar refractivity (Wildman–Crippen MR) is 121 cm³/mol. The van der Waals surface area contributed by atoms with E-state index in [4.69, 9.17) is 27.7 Å². The van der Waals surface area contributed by atoms with Crippen molar-refractivity contribution in [2.45, 2.75) is 26.2 Å². The molecule has 0 aliphatic rings. The van der Waals surface area contributed by atoms with Crippen LogP contribution in [0.5, 0.6) is 5.75 Å². The topological polar surface area (TPSA) is 56.5 Å². The van der Waals surface area contributed by atoms with Gasteiger partial charge in [-0.1, -0.05) is 54.2 Å². The quantitative estimate of drug-likeness (QED) is 0.396. The van der Waals surface area contributed by atoms with E-state index in [1.54, 1.807) is 24.3 Å². The van der Waals surface area contributed by atoms with Crippen LogP contribution < -0.4 is 10.3 Å². The molecule has 0 radical (unpaired) electrons. The number of halogens is 2. The van der Waals surface area contributed by atoms with Crippen molar-refractivity contribution in [3.8, 4) is 18.1 Å². The highest BCUT2D eigenvalue weighted by molar-refractivity contribution is 9.10. The summed E-state index contributed by atoms with van der Waals surface area (Å²) in [4.78, 5) is 17.9. The lowest BCUT2D eigenvalue weighted by atomic mass is 9.95. The summed E-state index contributed by atoms with van der Waals surface area (Å²) < 4.78 is 7.66. The maximum Gasteiger partial charge on any atom is 0.282 e. The molecule has 0 unspecified atom stereocenters. The van der Waals surface area contributed by atoms with Gasteiger partial charge in [-0.15, -0.1) is 6.42 Å². The minimum absolute atomic E-state index is 0.112. The van der Waals surface area contributed by atoms with Crippen molar-refractivity contribution in [3.05, 3.63) is 67.6 Å². The largest absolute Gasteiger partial charge is 0.480 e. The lowest BCUT2D eigenvalue weighted by Crippen LogP contribution is -2.29. The molecule has 5 nitrogen and oxygen atoms in total. The van der Waals surface area contributed by atoms with Crippen molar-refractivity contribution in [1.29, 1.82) is 0 Å². The van der Waals surface area contributed by atoms with Crippen molar-refractivity contribution < 1.29 is 4.74 Å². The number of ether oxygens (including phenoxy) is 1. The van der Waals surface area contributed by atoms with Gasteiger partial charge in [0.1, 0.15) is 18.2 Å². The number of nitrogens with zero attached hydrogens (tertiary/aromatic N) is 3. The lowest BCUT2D eigenvalue weighted by molar-refractivity contribution is 0.370. The minimum Gasteiger partial charge on any atom is -0.480 e. The van der Waals surface area contributed by atoms with E-state index >= 15 is 0 Å². The zero-order chi connectivity index (χ0) is 21.2. The fourth-order valence-electron chi connectivity index (χ4n) is 2.73. The smallest absolute Gasteiger partial charge is 0.282 e. The molecule has 0 bridgehead atoms. The normalized spacial score (nSPS) is 11.7. The molecule has 7 heteroatoms. The van der Waals surface area contributed by atoms with Gasteiger partial charge in [-0.3, -0.25) is 4.79 Å². The third-order valence-corrected chi connectivity index (χ3v) is 4.80. The Balaban J connectivity index is 2.20. The van der Waals surface area contributed by atoms with Crippen LogP contribution in [0.3, 0.4) is 0 Å². The summed E-state index contributed by atoms with van der Waals surface area (Å²) in [6.45, 7) is 6.05. The van der Waals surface area contributed by atoms with Crippen LogP contribution >= 0.6 is 27.5 Å². The molecule has 0 atom stereocenters. The predicted octanol–water partition coefficient (Wildman–Crippen LogP) is 5.00. The second-order valence-electron chi connectivity index (χ2n) is 7.38. The third kappa shape index (κ3) is 4.69. The van der Waals surface area contributed by atoms with Crippen LogP contribution in [0.15, 0.2) is 50.8 Å². The van der Waals surface area contributed by atoms with Gasteiger partial charge in [0, 0.05) is 20.5 Å². The molecule has 0 amide bonds. The first-order valence-corrected chi connectivity index (χ1v) is 10.0. The van der Waals surface area contributed by atoms with Crippen LogP contribution in [0.25, 0.3) is 10.9 Å². The Bertz CT molecular complexity index is 1200. The van der Waals surface area contributed by atoms with Gasteiger partial charge >= 0.3 is 0 Å². The minimum atomic E-state index is -0.408. The van der Waals surface area contributed by atoms with Gasteiger partial charge in [-0.2, -0.15) is 9.78 Å². The van der Waals surface area contributed by atoms with Gasteiger partial charge in [-0.25, -0.2) is 4.98 Å². The zero-order valence-corrected chi connectivity index (χ0v) is 18.6. The van der Waals surface area contributed by atoms with Crippen LogP contribution in [0.4, 0.5) is 0 Å². The molecule has 1 aromatic heterocycles. The Labute approximate surface area is 182 Å². The van der Waals surface area contributed by atoms with Gasteiger partial charge in [0.05, 0.1) is 17.1 Å². The summed E-state index contributed by atoms with van der Waals surface area (Å²) in [5, 5.41) is 5.43. The Kier molecular flexibility index (Phi) is 6.11. The van der Waals surface area contributed by atoms with Gasteiger partial charge in [0.25, 0.3) is 5.56 Å². The molecule has 29 heavy (non-hydrogen) atoms. The fraction of sp³-hybridized carbons (Fsp3) is 0.227. The lowest BCUT2D eigenvalue weighted by Gasteiger charge is -2.21. The first-order valence-electron chi connectivity index (χ1n) is 8.83. The number of terminal acetylenes is 1. The van der Waals surface area contributed by atoms with E-state index in [1.165, 1.54) is 10.9 Å². The number of aromatic nitrogens is 2. The number of rotatable bonds is 4. The summed E-state index contributed by atoms with van der Waals surface area (Å²) in [5.41, 5.74) is 0.560. The average Bonchev–Trinajstić information content (AvgIpc) is 2.66. The molecule has 3 aromatic rings. The van der Waals surface area contributed by atoms with Crippen LogP contribution in [0, 0.1) is 12.3 Å². The Hall–Kier alpha value is -2.62. The first kappa shape index (κ1) is 21.1. The Morgan fingerprint density at radius 2 is 2.07 bits per heavy atom. The zero-order valence-electron chi connectivity index (χ0n) is 16.2. The third-order valence-electron chi connectivity index (χ3n) is 4.07. The molecule has 0 spiro atoms. The summed E-state index contributed by atoms with van der Waals surface area (Å²) in [6, 6.07) is 10.5. The molecule has 3 rings (SSSR count). The maximum atomic E-state index is 13.2. The van der Waals surface area contributed by atoms with Crippen molar-refractivity contribution in [1.82, 2.24) is 9.66 Å². The number of fused-ring (bicyclic) bond motifs is 1. The highest BCUT2D eigenvalue weighted by Crippen LogP contribution is 2.24. The molecule has 0 fully saturated rings. The summed E-state index contributed by atoms with van der Waals surface area (Å²) >= 11 is 9.52. The van der Waals surface area contributed by atoms with Crippen molar-refractivity contribution >= 4 is 44.6 Å². The molecule has 148 valence electrons. The van der Waals surface area contributed by atoms with E-state index in [0.717, 1.165) is 4.47 Å². The molecule has 0 aliphatic carbocycles. The monoisotopic (exact) mass is 471 g/mol. The molecule has 0 N–H and O–H groups in total. The first-order chi connectivity index (χ1) is 13.7. The molecular weight excluding hydrogens is 454 g/mol. The van der Waals surface area contributed by atoms with E-state index < -0.39 is 5.41 Å². The van der Waals surface area contributed by atoms with E-state index in [0.29, 0.717) is 33.1 Å². The van der Waals surface area contributed by atoms with Crippen molar-refractivity contribution in [3.63, 3.8) is 0 Å². The van der Waals surface area contributed by atoms with E-state index in [9.17, 15) is 4.79 Å². The van der Waals surface area contributed by atoms with Gasteiger partial charge in [0.2, 0.25) is 0 Å². The molecule has 0 saturated carbocycles. The van der Waals surface area contributed by atoms with E-state index in [2.05, 4.69) is 27.0 Å². The molecule has 0 aliphatic heterocycles. The fourth-order valence-corrected chi connectivity index (χ4v) is 3.27. The van der Waals surface area contributed by atoms with Crippen molar-refractivity contribution in [2.75, 3.05) is 6.61 Å². The van der Waals surface area contributed by atoms with Crippen LogP contribution in [0.2, 0.25) is 5.02 Å². The summed E-state index contributed by atoms with van der Waals surface area (Å²) in [6.07, 6.45) is 6.81. The highest BCUT2D eigenvalue weighted by Gasteiger charge is 2.23. The van der Waals surface area contributed by atoms with Crippen LogP contribution in [-0.2, 0) is 5.41 Å².